The van der Waals surface area contributed by atoms with Gasteiger partial charge in [-0.1, -0.05) is 45.7 Å². The van der Waals surface area contributed by atoms with Crippen molar-refractivity contribution in [1.82, 2.24) is 5.32 Å². The topological polar surface area (TPSA) is 59.9 Å². The predicted molar refractivity (Wildman–Crippen MR) is 156 cm³/mol. The molecule has 1 N–H and O–H groups in total. The lowest BCUT2D eigenvalue weighted by molar-refractivity contribution is -0.115. The predicted octanol–water partition coefficient (Wildman–Crippen LogP) is 7.80. The van der Waals surface area contributed by atoms with E-state index in [2.05, 4.69) is 48.8 Å². The fourth-order valence-electron chi connectivity index (χ4n) is 3.47. The normalized spacial score (nSPS) is 15.5. The minimum atomic E-state index is -0.188. The molecule has 0 spiro atoms. The van der Waals surface area contributed by atoms with Crippen molar-refractivity contribution >= 4 is 84.7 Å². The highest BCUT2D eigenvalue weighted by molar-refractivity contribution is 14.1. The Balaban J connectivity index is 1.55. The fourth-order valence-corrected chi connectivity index (χ4v) is 5.51. The minimum Gasteiger partial charge on any atom is -0.493 e. The Morgan fingerprint density at radius 1 is 1.17 bits per heavy atom. The summed E-state index contributed by atoms with van der Waals surface area (Å²) >= 11 is 13.3. The van der Waals surface area contributed by atoms with E-state index in [-0.39, 0.29) is 5.91 Å². The van der Waals surface area contributed by atoms with Gasteiger partial charge >= 0.3 is 0 Å². The zero-order valence-electron chi connectivity index (χ0n) is 19.1. The quantitative estimate of drug-likeness (QED) is 0.213. The molecule has 0 radical (unpaired) electrons. The summed E-state index contributed by atoms with van der Waals surface area (Å²) in [6.07, 6.45) is 1.82. The highest BCUT2D eigenvalue weighted by Gasteiger charge is 2.24. The van der Waals surface area contributed by atoms with Gasteiger partial charge in [0.25, 0.3) is 5.91 Å². The fraction of sp³-hybridized carbons (Fsp3) is 0.154. The van der Waals surface area contributed by atoms with E-state index < -0.39 is 0 Å². The van der Waals surface area contributed by atoms with Gasteiger partial charge in [-0.05, 0) is 101 Å². The molecule has 4 rings (SSSR count). The number of ether oxygens (including phenoxy) is 2. The van der Waals surface area contributed by atoms with Crippen LogP contribution >= 0.6 is 61.9 Å². The lowest BCUT2D eigenvalue weighted by atomic mass is 10.1. The first-order chi connectivity index (χ1) is 16.7. The number of carbonyl (C=O) groups is 1. The number of benzene rings is 3. The van der Waals surface area contributed by atoms with Gasteiger partial charge in [0.2, 0.25) is 0 Å². The zero-order chi connectivity index (χ0) is 25.1. The van der Waals surface area contributed by atoms with E-state index in [0.29, 0.717) is 33.2 Å². The Kier molecular flexibility index (Phi) is 8.46. The van der Waals surface area contributed by atoms with Crippen molar-refractivity contribution in [2.24, 2.45) is 4.99 Å². The summed E-state index contributed by atoms with van der Waals surface area (Å²) in [5.74, 6) is 1.02. The molecule has 35 heavy (non-hydrogen) atoms. The number of amidine groups is 1. The molecule has 9 heteroatoms. The molecular weight excluding hydrogens is 663 g/mol. The maximum Gasteiger partial charge on any atom is 0.264 e. The van der Waals surface area contributed by atoms with Crippen molar-refractivity contribution in [1.29, 1.82) is 0 Å². The Morgan fingerprint density at radius 2 is 1.89 bits per heavy atom. The number of amides is 1. The summed E-state index contributed by atoms with van der Waals surface area (Å²) < 4.78 is 13.5. The van der Waals surface area contributed by atoms with Crippen molar-refractivity contribution in [3.8, 4) is 11.5 Å². The second kappa shape index (κ2) is 11.4. The van der Waals surface area contributed by atoms with E-state index in [1.807, 2.05) is 68.5 Å². The van der Waals surface area contributed by atoms with Gasteiger partial charge in [-0.15, -0.1) is 0 Å². The number of nitrogens with zero attached hydrogens (tertiary/aromatic N) is 1. The van der Waals surface area contributed by atoms with Crippen LogP contribution in [0.5, 0.6) is 11.5 Å². The summed E-state index contributed by atoms with van der Waals surface area (Å²) in [7, 11) is 1.59. The number of carbonyl (C=O) groups excluding carboxylic acids is 1. The first kappa shape index (κ1) is 26.1. The molecule has 3 aromatic carbocycles. The molecule has 0 aliphatic carbocycles. The van der Waals surface area contributed by atoms with E-state index in [0.717, 1.165) is 36.0 Å². The van der Waals surface area contributed by atoms with Crippen LogP contribution in [-0.2, 0) is 11.4 Å². The number of hydrogen-bond donors (Lipinski definition) is 1. The number of hydrogen-bond acceptors (Lipinski definition) is 5. The molecule has 1 aliphatic heterocycles. The summed E-state index contributed by atoms with van der Waals surface area (Å²) in [6.45, 7) is 4.35. The molecule has 0 bridgehead atoms. The Morgan fingerprint density at radius 3 is 2.57 bits per heavy atom. The number of aliphatic imine (C=N–C) groups is 1. The highest BCUT2D eigenvalue weighted by atomic mass is 127. The number of aryl methyl sites for hydroxylation is 2. The van der Waals surface area contributed by atoms with Crippen LogP contribution in [0.15, 0.2) is 62.9 Å². The maximum absolute atomic E-state index is 12.6. The van der Waals surface area contributed by atoms with Crippen LogP contribution in [-0.4, -0.2) is 18.2 Å². The lowest BCUT2D eigenvalue weighted by Gasteiger charge is -2.14. The molecular formula is C26H21BrClIN2O3S. The van der Waals surface area contributed by atoms with Gasteiger partial charge in [-0.25, -0.2) is 4.99 Å². The van der Waals surface area contributed by atoms with Crippen LogP contribution in [0.3, 0.4) is 0 Å². The molecule has 0 unspecified atom stereocenters. The molecule has 1 amide bonds. The number of rotatable bonds is 6. The SMILES string of the molecule is COc1cc(/C=C2\SC(=Nc3cc(C)c(Br)c(C)c3)NC2=O)cc(I)c1OCc1ccccc1Cl. The van der Waals surface area contributed by atoms with E-state index >= 15 is 0 Å². The van der Waals surface area contributed by atoms with Gasteiger partial charge < -0.3 is 14.8 Å². The second-order valence-electron chi connectivity index (χ2n) is 7.79. The minimum absolute atomic E-state index is 0.188. The molecule has 1 fully saturated rings. The maximum atomic E-state index is 12.6. The number of nitrogens with one attached hydrogen (secondary N) is 1. The van der Waals surface area contributed by atoms with Crippen LogP contribution in [0.2, 0.25) is 5.02 Å². The van der Waals surface area contributed by atoms with Crippen LogP contribution < -0.4 is 14.8 Å². The standard InChI is InChI=1S/C26H21BrClIN2O3S/c1-14-8-18(9-15(2)23(14)27)30-26-31-25(32)22(35-26)12-16-10-20(29)24(21(11-16)33-3)34-13-17-6-4-5-7-19(17)28/h4-12H,13H2,1-3H3,(H,30,31,32)/b22-12-. The average Bonchev–Trinajstić information content (AvgIpc) is 3.15. The summed E-state index contributed by atoms with van der Waals surface area (Å²) in [5.41, 5.74) is 4.69. The number of halogens is 3. The van der Waals surface area contributed by atoms with E-state index in [4.69, 9.17) is 21.1 Å². The van der Waals surface area contributed by atoms with Gasteiger partial charge in [-0.3, -0.25) is 4.79 Å². The first-order valence-electron chi connectivity index (χ1n) is 10.5. The Labute approximate surface area is 235 Å². The highest BCUT2D eigenvalue weighted by Crippen LogP contribution is 2.37. The molecule has 0 aromatic heterocycles. The van der Waals surface area contributed by atoms with E-state index in [1.165, 1.54) is 11.8 Å². The summed E-state index contributed by atoms with van der Waals surface area (Å²) in [4.78, 5) is 17.8. The van der Waals surface area contributed by atoms with Crippen molar-refractivity contribution in [3.05, 3.63) is 88.8 Å². The van der Waals surface area contributed by atoms with Crippen LogP contribution in [0.1, 0.15) is 22.3 Å². The third-order valence-corrected chi connectivity index (χ3v) is 8.51. The van der Waals surface area contributed by atoms with Gasteiger partial charge in [0.1, 0.15) is 6.61 Å². The van der Waals surface area contributed by atoms with E-state index in [1.54, 1.807) is 7.11 Å². The van der Waals surface area contributed by atoms with Gasteiger partial charge in [0.05, 0.1) is 21.3 Å². The number of thioether (sulfide) groups is 1. The molecule has 180 valence electrons. The van der Waals surface area contributed by atoms with Gasteiger partial charge in [-0.2, -0.15) is 0 Å². The number of methoxy groups -OCH3 is 1. The first-order valence-corrected chi connectivity index (χ1v) is 13.6. The molecule has 3 aromatic rings. The molecule has 5 nitrogen and oxygen atoms in total. The molecule has 0 atom stereocenters. The van der Waals surface area contributed by atoms with Gasteiger partial charge in [0, 0.05) is 15.1 Å². The molecule has 0 saturated carbocycles. The largest absolute Gasteiger partial charge is 0.493 e. The zero-order valence-corrected chi connectivity index (χ0v) is 24.4. The third kappa shape index (κ3) is 6.22. The van der Waals surface area contributed by atoms with Crippen LogP contribution in [0.25, 0.3) is 6.08 Å². The average molecular weight is 684 g/mol. The molecule has 1 saturated heterocycles. The Bertz CT molecular complexity index is 1350. The van der Waals surface area contributed by atoms with Crippen LogP contribution in [0.4, 0.5) is 5.69 Å². The van der Waals surface area contributed by atoms with Crippen molar-refractivity contribution < 1.29 is 14.3 Å². The Hall–Kier alpha value is -2.01. The van der Waals surface area contributed by atoms with Crippen molar-refractivity contribution in [2.45, 2.75) is 20.5 Å². The third-order valence-electron chi connectivity index (χ3n) is 5.18. The monoisotopic (exact) mass is 682 g/mol. The van der Waals surface area contributed by atoms with Gasteiger partial charge in [0.15, 0.2) is 16.7 Å². The van der Waals surface area contributed by atoms with Crippen molar-refractivity contribution in [2.75, 3.05) is 7.11 Å². The second-order valence-corrected chi connectivity index (χ2v) is 11.2. The van der Waals surface area contributed by atoms with E-state index in [9.17, 15) is 4.79 Å². The van der Waals surface area contributed by atoms with Crippen LogP contribution in [0, 0.1) is 17.4 Å². The molecule has 1 aliphatic rings. The smallest absolute Gasteiger partial charge is 0.264 e. The summed E-state index contributed by atoms with van der Waals surface area (Å²) in [6, 6.07) is 15.3. The lowest BCUT2D eigenvalue weighted by Crippen LogP contribution is -2.19. The summed E-state index contributed by atoms with van der Waals surface area (Å²) in [5, 5.41) is 4.04. The van der Waals surface area contributed by atoms with Crippen molar-refractivity contribution in [3.63, 3.8) is 0 Å². The molecule has 1 heterocycles.